The molecule has 3 fully saturated rings. The minimum atomic E-state index is -3.81. The van der Waals surface area contributed by atoms with Crippen molar-refractivity contribution < 1.29 is 22.4 Å². The zero-order valence-electron chi connectivity index (χ0n) is 24.4. The fraction of sp³-hybridized carbons (Fsp3) is 0.655. The summed E-state index contributed by atoms with van der Waals surface area (Å²) in [7, 11) is 1.77. The van der Waals surface area contributed by atoms with Crippen LogP contribution < -0.4 is 4.74 Å². The summed E-state index contributed by atoms with van der Waals surface area (Å²) in [5.41, 5.74) is 1.49. The second-order valence-corrected chi connectivity index (χ2v) is 13.5. The molecule has 2 saturated carbocycles. The first-order valence-electron chi connectivity index (χ1n) is 14.4. The van der Waals surface area contributed by atoms with Gasteiger partial charge in [-0.2, -0.15) is 4.31 Å². The van der Waals surface area contributed by atoms with Crippen molar-refractivity contribution in [3.63, 3.8) is 0 Å². The van der Waals surface area contributed by atoms with Gasteiger partial charge in [-0.15, -0.1) is 0 Å². The number of carbonyl (C=O) groups excluding carboxylic acids is 1. The van der Waals surface area contributed by atoms with E-state index < -0.39 is 10.0 Å². The molecule has 1 saturated heterocycles. The minimum absolute atomic E-state index is 0.00889. The normalized spacial score (nSPS) is 22.9. The van der Waals surface area contributed by atoms with E-state index in [1.165, 1.54) is 10.6 Å². The van der Waals surface area contributed by atoms with E-state index in [1.807, 2.05) is 7.05 Å². The van der Waals surface area contributed by atoms with Crippen LogP contribution in [0.25, 0.3) is 0 Å². The molecule has 220 valence electrons. The molecule has 0 N–H and O–H groups in total. The van der Waals surface area contributed by atoms with Crippen molar-refractivity contribution in [3.8, 4) is 5.75 Å². The van der Waals surface area contributed by atoms with E-state index in [9.17, 15) is 13.2 Å². The van der Waals surface area contributed by atoms with Gasteiger partial charge >= 0.3 is 0 Å². The number of carbonyl (C=O) groups is 1. The molecule has 0 unspecified atom stereocenters. The number of hydrogen-bond acceptors (Lipinski definition) is 8. The van der Waals surface area contributed by atoms with Crippen LogP contribution in [0.15, 0.2) is 27.7 Å². The number of sulfonamides is 1. The van der Waals surface area contributed by atoms with Gasteiger partial charge in [0.25, 0.3) is 5.91 Å². The number of rotatable bonds is 9. The highest BCUT2D eigenvalue weighted by molar-refractivity contribution is 7.89. The highest BCUT2D eigenvalue weighted by atomic mass is 32.2. The number of nitrogens with zero attached hydrogens (tertiary/aromatic N) is 5. The highest BCUT2D eigenvalue weighted by Gasteiger charge is 2.40. The molecule has 0 radical (unpaired) electrons. The van der Waals surface area contributed by atoms with Crippen LogP contribution in [0.5, 0.6) is 5.75 Å². The largest absolute Gasteiger partial charge is 0.497 e. The van der Waals surface area contributed by atoms with E-state index in [-0.39, 0.29) is 41.0 Å². The fourth-order valence-corrected chi connectivity index (χ4v) is 8.33. The number of aryl methyl sites for hydroxylation is 2. The lowest BCUT2D eigenvalue weighted by Gasteiger charge is -2.42. The number of likely N-dealkylation sites (N-methyl/N-ethyl adjacent to an activating group) is 1. The summed E-state index contributed by atoms with van der Waals surface area (Å²) in [5.74, 6) is 0.676. The van der Waals surface area contributed by atoms with Gasteiger partial charge in [0.15, 0.2) is 5.69 Å². The summed E-state index contributed by atoms with van der Waals surface area (Å²) >= 11 is 0. The number of amides is 1. The van der Waals surface area contributed by atoms with Crippen LogP contribution in [0.1, 0.15) is 66.0 Å². The molecular weight excluding hydrogens is 530 g/mol. The zero-order valence-corrected chi connectivity index (χ0v) is 25.2. The second-order valence-electron chi connectivity index (χ2n) is 11.7. The Morgan fingerprint density at radius 1 is 1.02 bits per heavy atom. The monoisotopic (exact) mass is 573 g/mol. The van der Waals surface area contributed by atoms with Crippen LogP contribution in [0.2, 0.25) is 0 Å². The van der Waals surface area contributed by atoms with E-state index in [0.717, 1.165) is 64.7 Å². The first-order valence-corrected chi connectivity index (χ1v) is 15.8. The number of ether oxygens (including phenoxy) is 1. The molecule has 0 spiro atoms. The lowest BCUT2D eigenvalue weighted by Crippen LogP contribution is -2.51. The first-order chi connectivity index (χ1) is 19.1. The molecule has 2 aromatic rings. The average Bonchev–Trinajstić information content (AvgIpc) is 3.67. The van der Waals surface area contributed by atoms with Gasteiger partial charge in [-0.1, -0.05) is 0 Å². The lowest BCUT2D eigenvalue weighted by atomic mass is 9.89. The smallest absolute Gasteiger partial charge is 0.275 e. The van der Waals surface area contributed by atoms with E-state index >= 15 is 0 Å². The van der Waals surface area contributed by atoms with Crippen LogP contribution in [0.4, 0.5) is 0 Å². The Morgan fingerprint density at radius 3 is 2.20 bits per heavy atom. The number of oxazole rings is 1. The third kappa shape index (κ3) is 6.07. The van der Waals surface area contributed by atoms with Crippen molar-refractivity contribution in [1.29, 1.82) is 0 Å². The molecule has 40 heavy (non-hydrogen) atoms. The zero-order chi connectivity index (χ0) is 28.6. The second kappa shape index (κ2) is 11.8. The maximum atomic E-state index is 13.8. The fourth-order valence-electron chi connectivity index (χ4n) is 6.28. The van der Waals surface area contributed by atoms with Crippen LogP contribution >= 0.6 is 0 Å². The maximum Gasteiger partial charge on any atom is 0.275 e. The van der Waals surface area contributed by atoms with Crippen molar-refractivity contribution in [2.24, 2.45) is 0 Å². The standard InChI is InChI=1S/C29H43N5O5S/c1-20-16-25(38-5)17-21(2)28(20)40(36,37)34(24-10-11-24)18-27-30-26(19-39-27)29(35)32(4)22-6-8-23(9-7-22)33-14-12-31(3)13-15-33/h16-17,19,22-24H,6-15,18H2,1-5H3. The van der Waals surface area contributed by atoms with Crippen molar-refractivity contribution in [1.82, 2.24) is 24.0 Å². The topological polar surface area (TPSA) is 99.4 Å². The van der Waals surface area contributed by atoms with Crippen LogP contribution in [-0.4, -0.2) is 104 Å². The first kappa shape index (κ1) is 29.0. The Morgan fingerprint density at radius 2 is 1.62 bits per heavy atom. The molecule has 1 aromatic heterocycles. The third-order valence-electron chi connectivity index (χ3n) is 8.84. The van der Waals surface area contributed by atoms with Gasteiger partial charge in [0.1, 0.15) is 12.0 Å². The molecule has 3 aliphatic rings. The maximum absolute atomic E-state index is 13.8. The van der Waals surface area contributed by atoms with Gasteiger partial charge < -0.3 is 19.0 Å². The molecule has 1 aliphatic heterocycles. The SMILES string of the molecule is COc1cc(C)c(S(=O)(=O)N(Cc2nc(C(=O)N(C)C3CCC(N4CCN(C)CC4)CC3)co2)C2CC2)c(C)c1. The van der Waals surface area contributed by atoms with Gasteiger partial charge in [-0.05, 0) is 82.7 Å². The van der Waals surface area contributed by atoms with E-state index in [0.29, 0.717) is 22.9 Å². The van der Waals surface area contributed by atoms with Gasteiger partial charge in [-0.3, -0.25) is 9.69 Å². The van der Waals surface area contributed by atoms with Crippen LogP contribution in [0.3, 0.4) is 0 Å². The Hall–Kier alpha value is -2.47. The Bertz CT molecular complexity index is 1280. The predicted octanol–water partition coefficient (Wildman–Crippen LogP) is 3.28. The van der Waals surface area contributed by atoms with E-state index in [4.69, 9.17) is 9.15 Å². The highest BCUT2D eigenvalue weighted by Crippen LogP contribution is 2.36. The molecule has 1 aromatic carbocycles. The average molecular weight is 574 g/mol. The number of benzene rings is 1. The molecule has 2 heterocycles. The third-order valence-corrected chi connectivity index (χ3v) is 11.0. The summed E-state index contributed by atoms with van der Waals surface area (Å²) in [4.78, 5) is 24.8. The number of methoxy groups -OCH3 is 1. The Kier molecular flexibility index (Phi) is 8.56. The molecule has 2 aliphatic carbocycles. The number of aromatic nitrogens is 1. The molecule has 0 atom stereocenters. The van der Waals surface area contributed by atoms with Crippen molar-refractivity contribution in [3.05, 3.63) is 41.1 Å². The van der Waals surface area contributed by atoms with Gasteiger partial charge in [0.2, 0.25) is 15.9 Å². The summed E-state index contributed by atoms with van der Waals surface area (Å²) < 4.78 is 40.1. The molecule has 5 rings (SSSR count). The summed E-state index contributed by atoms with van der Waals surface area (Å²) in [5, 5.41) is 0. The van der Waals surface area contributed by atoms with Crippen molar-refractivity contribution in [2.75, 3.05) is 47.4 Å². The van der Waals surface area contributed by atoms with Crippen LogP contribution in [0, 0.1) is 13.8 Å². The Balaban J connectivity index is 1.23. The summed E-state index contributed by atoms with van der Waals surface area (Å²) in [6.45, 7) is 8.02. The molecular formula is C29H43N5O5S. The van der Waals surface area contributed by atoms with Crippen molar-refractivity contribution in [2.45, 2.75) is 81.9 Å². The predicted molar refractivity (Wildman–Crippen MR) is 152 cm³/mol. The van der Waals surface area contributed by atoms with E-state index in [1.54, 1.807) is 38.0 Å². The van der Waals surface area contributed by atoms with E-state index in [2.05, 4.69) is 21.8 Å². The molecule has 0 bridgehead atoms. The van der Waals surface area contributed by atoms with Crippen molar-refractivity contribution >= 4 is 15.9 Å². The minimum Gasteiger partial charge on any atom is -0.497 e. The Labute approximate surface area is 238 Å². The molecule has 10 nitrogen and oxygen atoms in total. The number of piperazine rings is 1. The lowest BCUT2D eigenvalue weighted by molar-refractivity contribution is 0.0543. The molecule has 1 amide bonds. The van der Waals surface area contributed by atoms with Gasteiger partial charge in [-0.25, -0.2) is 13.4 Å². The van der Waals surface area contributed by atoms with Gasteiger partial charge in [0, 0.05) is 51.4 Å². The summed E-state index contributed by atoms with van der Waals surface area (Å²) in [6.07, 6.45) is 7.07. The number of hydrogen-bond donors (Lipinski definition) is 0. The van der Waals surface area contributed by atoms with Gasteiger partial charge in [0.05, 0.1) is 18.6 Å². The quantitative estimate of drug-likeness (QED) is 0.451. The van der Waals surface area contributed by atoms with Crippen LogP contribution in [-0.2, 0) is 16.6 Å². The molecule has 11 heteroatoms. The summed E-state index contributed by atoms with van der Waals surface area (Å²) in [6, 6.07) is 4.14.